The monoisotopic (exact) mass is 309 g/mol. The van der Waals surface area contributed by atoms with Gasteiger partial charge in [-0.1, -0.05) is 25.1 Å². The van der Waals surface area contributed by atoms with Crippen LogP contribution in [0.3, 0.4) is 0 Å². The van der Waals surface area contributed by atoms with Crippen molar-refractivity contribution < 1.29 is 9.21 Å². The molecular weight excluding hydrogens is 290 g/mol. The molecule has 0 radical (unpaired) electrons. The Kier molecular flexibility index (Phi) is 3.41. The summed E-state index contributed by atoms with van der Waals surface area (Å²) < 4.78 is 5.88. The van der Waals surface area contributed by atoms with Crippen LogP contribution in [-0.2, 0) is 6.42 Å². The van der Waals surface area contributed by atoms with E-state index in [4.69, 9.17) is 4.42 Å². The minimum atomic E-state index is -0.0283. The van der Waals surface area contributed by atoms with Crippen LogP contribution >= 0.6 is 0 Å². The Labute approximate surface area is 134 Å². The maximum Gasteiger partial charge on any atom is 0.275 e. The number of H-pyrrole nitrogens is 1. The van der Waals surface area contributed by atoms with Crippen molar-refractivity contribution in [1.29, 1.82) is 0 Å². The summed E-state index contributed by atoms with van der Waals surface area (Å²) in [6, 6.07) is 11.7. The fraction of sp³-hybridized carbons (Fsp3) is 0.333. The molecule has 1 aromatic carbocycles. The number of carbonyl (C=O) groups excluding carboxylic acids is 1. The number of benzene rings is 1. The highest BCUT2D eigenvalue weighted by molar-refractivity contribution is 6.04. The Morgan fingerprint density at radius 1 is 1.35 bits per heavy atom. The van der Waals surface area contributed by atoms with E-state index in [1.54, 1.807) is 0 Å². The number of likely N-dealkylation sites (tertiary alicyclic amines) is 1. The molecular formula is C18H19N3O2. The van der Waals surface area contributed by atoms with E-state index in [0.717, 1.165) is 48.2 Å². The second-order valence-electron chi connectivity index (χ2n) is 5.93. The fourth-order valence-electron chi connectivity index (χ4n) is 3.33. The lowest BCUT2D eigenvalue weighted by atomic mass is 10.1. The van der Waals surface area contributed by atoms with Gasteiger partial charge in [0.2, 0.25) is 0 Å². The molecule has 1 fully saturated rings. The van der Waals surface area contributed by atoms with Crippen LogP contribution in [0.15, 0.2) is 40.8 Å². The lowest BCUT2D eigenvalue weighted by molar-refractivity contribution is 0.0715. The van der Waals surface area contributed by atoms with E-state index in [2.05, 4.69) is 17.1 Å². The molecule has 23 heavy (non-hydrogen) atoms. The van der Waals surface area contributed by atoms with Crippen LogP contribution in [0.5, 0.6) is 0 Å². The van der Waals surface area contributed by atoms with Crippen molar-refractivity contribution >= 4 is 16.8 Å². The highest BCUT2D eigenvalue weighted by Gasteiger charge is 2.34. The molecule has 0 bridgehead atoms. The molecule has 1 aliphatic rings. The number of aryl methyl sites for hydroxylation is 1. The summed E-state index contributed by atoms with van der Waals surface area (Å²) in [6.45, 7) is 2.81. The van der Waals surface area contributed by atoms with Crippen molar-refractivity contribution in [2.24, 2.45) is 0 Å². The normalized spacial score (nSPS) is 18.0. The zero-order valence-corrected chi connectivity index (χ0v) is 13.1. The van der Waals surface area contributed by atoms with Crippen LogP contribution in [0, 0.1) is 0 Å². The molecule has 1 saturated heterocycles. The second kappa shape index (κ2) is 5.57. The van der Waals surface area contributed by atoms with Crippen LogP contribution in [0.4, 0.5) is 0 Å². The zero-order chi connectivity index (χ0) is 15.8. The highest BCUT2D eigenvalue weighted by atomic mass is 16.3. The minimum Gasteiger partial charge on any atom is -0.464 e. The summed E-state index contributed by atoms with van der Waals surface area (Å²) in [4.78, 5) is 14.9. The third-order valence-corrected chi connectivity index (χ3v) is 4.55. The number of hydrogen-bond acceptors (Lipinski definition) is 3. The van der Waals surface area contributed by atoms with Crippen molar-refractivity contribution in [1.82, 2.24) is 15.1 Å². The number of carbonyl (C=O) groups is 1. The molecule has 3 heterocycles. The van der Waals surface area contributed by atoms with Gasteiger partial charge in [0, 0.05) is 18.4 Å². The quantitative estimate of drug-likeness (QED) is 0.802. The topological polar surface area (TPSA) is 62.1 Å². The molecule has 1 atom stereocenters. The van der Waals surface area contributed by atoms with Gasteiger partial charge in [0.25, 0.3) is 5.91 Å². The first-order valence-electron chi connectivity index (χ1n) is 8.10. The number of furan rings is 1. The molecule has 1 unspecified atom stereocenters. The number of nitrogens with zero attached hydrogens (tertiary/aromatic N) is 2. The molecule has 118 valence electrons. The second-order valence-corrected chi connectivity index (χ2v) is 5.93. The van der Waals surface area contributed by atoms with Gasteiger partial charge in [-0.15, -0.1) is 0 Å². The van der Waals surface area contributed by atoms with E-state index in [-0.39, 0.29) is 11.9 Å². The Morgan fingerprint density at radius 3 is 3.04 bits per heavy atom. The number of hydrogen-bond donors (Lipinski definition) is 1. The van der Waals surface area contributed by atoms with E-state index in [9.17, 15) is 4.79 Å². The van der Waals surface area contributed by atoms with Crippen molar-refractivity contribution in [2.45, 2.75) is 32.2 Å². The third-order valence-electron chi connectivity index (χ3n) is 4.55. The molecule has 1 amide bonds. The van der Waals surface area contributed by atoms with Crippen LogP contribution in [0.25, 0.3) is 10.9 Å². The summed E-state index contributed by atoms with van der Waals surface area (Å²) in [7, 11) is 0. The summed E-state index contributed by atoms with van der Waals surface area (Å²) >= 11 is 0. The zero-order valence-electron chi connectivity index (χ0n) is 13.1. The average Bonchev–Trinajstić information content (AvgIpc) is 3.31. The van der Waals surface area contributed by atoms with E-state index in [1.165, 1.54) is 0 Å². The van der Waals surface area contributed by atoms with Gasteiger partial charge in [0.05, 0.1) is 11.6 Å². The molecule has 5 heteroatoms. The number of nitrogens with one attached hydrogen (secondary N) is 1. The Balaban J connectivity index is 1.67. The summed E-state index contributed by atoms with van der Waals surface area (Å²) in [5.74, 6) is 1.82. The number of rotatable bonds is 3. The van der Waals surface area contributed by atoms with Crippen LogP contribution in [0.2, 0.25) is 0 Å². The molecule has 5 nitrogen and oxygen atoms in total. The molecule has 1 N–H and O–H groups in total. The fourth-order valence-corrected chi connectivity index (χ4v) is 3.33. The summed E-state index contributed by atoms with van der Waals surface area (Å²) in [5.41, 5.74) is 1.38. The van der Waals surface area contributed by atoms with E-state index in [0.29, 0.717) is 5.69 Å². The van der Waals surface area contributed by atoms with E-state index < -0.39 is 0 Å². The summed E-state index contributed by atoms with van der Waals surface area (Å²) in [5, 5.41) is 8.05. The highest BCUT2D eigenvalue weighted by Crippen LogP contribution is 2.34. The van der Waals surface area contributed by atoms with Gasteiger partial charge in [0.15, 0.2) is 5.69 Å². The number of fused-ring (bicyclic) bond motifs is 1. The van der Waals surface area contributed by atoms with Crippen molar-refractivity contribution in [3.8, 4) is 0 Å². The Bertz CT molecular complexity index is 849. The van der Waals surface area contributed by atoms with Crippen molar-refractivity contribution in [3.63, 3.8) is 0 Å². The van der Waals surface area contributed by atoms with Gasteiger partial charge in [-0.3, -0.25) is 9.89 Å². The van der Waals surface area contributed by atoms with Crippen LogP contribution < -0.4 is 0 Å². The van der Waals surface area contributed by atoms with Gasteiger partial charge in [-0.25, -0.2) is 0 Å². The number of aromatic nitrogens is 2. The number of para-hydroxylation sites is 1. The average molecular weight is 309 g/mol. The largest absolute Gasteiger partial charge is 0.464 e. The van der Waals surface area contributed by atoms with Gasteiger partial charge in [-0.2, -0.15) is 5.10 Å². The predicted octanol–water partition coefficient (Wildman–Crippen LogP) is 3.70. The van der Waals surface area contributed by atoms with Gasteiger partial charge in [-0.05, 0) is 31.0 Å². The Morgan fingerprint density at radius 2 is 2.22 bits per heavy atom. The molecule has 0 aliphatic carbocycles. The Hall–Kier alpha value is -2.56. The standard InChI is InChI=1S/C18H19N3O2/c1-2-12-9-10-16(23-12)15-8-5-11-21(15)18(22)17-13-6-3-4-7-14(13)19-20-17/h3-4,6-7,9-10,15H,2,5,8,11H2,1H3,(H,19,20). The predicted molar refractivity (Wildman–Crippen MR) is 87.2 cm³/mol. The maximum absolute atomic E-state index is 13.0. The summed E-state index contributed by atoms with van der Waals surface area (Å²) in [6.07, 6.45) is 2.79. The lowest BCUT2D eigenvalue weighted by Gasteiger charge is -2.22. The van der Waals surface area contributed by atoms with Gasteiger partial charge in [0.1, 0.15) is 11.5 Å². The molecule has 2 aromatic heterocycles. The van der Waals surface area contributed by atoms with Crippen LogP contribution in [-0.4, -0.2) is 27.5 Å². The lowest BCUT2D eigenvalue weighted by Crippen LogP contribution is -2.30. The first-order chi connectivity index (χ1) is 11.3. The molecule has 0 saturated carbocycles. The molecule has 1 aliphatic heterocycles. The first kappa shape index (κ1) is 14.1. The van der Waals surface area contributed by atoms with Crippen molar-refractivity contribution in [3.05, 3.63) is 53.6 Å². The molecule has 4 rings (SSSR count). The van der Waals surface area contributed by atoms with Crippen molar-refractivity contribution in [2.75, 3.05) is 6.54 Å². The van der Waals surface area contributed by atoms with E-state index >= 15 is 0 Å². The van der Waals surface area contributed by atoms with Gasteiger partial charge >= 0.3 is 0 Å². The smallest absolute Gasteiger partial charge is 0.275 e. The number of aromatic amines is 1. The minimum absolute atomic E-state index is 0.0123. The molecule has 3 aromatic rings. The third kappa shape index (κ3) is 2.32. The number of amides is 1. The SMILES string of the molecule is CCc1ccc(C2CCCN2C(=O)c2n[nH]c3ccccc23)o1. The maximum atomic E-state index is 13.0. The van der Waals surface area contributed by atoms with Gasteiger partial charge < -0.3 is 9.32 Å². The first-order valence-corrected chi connectivity index (χ1v) is 8.10. The molecule has 0 spiro atoms. The van der Waals surface area contributed by atoms with Crippen LogP contribution in [0.1, 0.15) is 47.8 Å². The van der Waals surface area contributed by atoms with E-state index in [1.807, 2.05) is 41.3 Å².